The van der Waals surface area contributed by atoms with Crippen LogP contribution in [0.15, 0.2) is 59.6 Å². The van der Waals surface area contributed by atoms with Crippen LogP contribution < -0.4 is 10.0 Å². The molecule has 8 heteroatoms. The van der Waals surface area contributed by atoms with Crippen LogP contribution in [0.1, 0.15) is 26.3 Å². The van der Waals surface area contributed by atoms with E-state index in [1.807, 2.05) is 38.1 Å². The molecule has 1 heterocycles. The standard InChI is InChI=1S/C19H22N4O3S/c1-14(2)23-18(9-11-20-23)22-19(24)10-12-21-27(25,26)17-8-7-15-5-3-4-6-16(15)13-17/h3-9,11,13-14,21H,10,12H2,1-2H3,(H,22,24). The molecular weight excluding hydrogens is 364 g/mol. The Labute approximate surface area is 158 Å². The highest BCUT2D eigenvalue weighted by Gasteiger charge is 2.15. The third-order valence-electron chi connectivity index (χ3n) is 4.10. The lowest BCUT2D eigenvalue weighted by atomic mass is 10.1. The Balaban J connectivity index is 1.59. The quantitative estimate of drug-likeness (QED) is 0.653. The predicted molar refractivity (Wildman–Crippen MR) is 105 cm³/mol. The van der Waals surface area contributed by atoms with Gasteiger partial charge in [0.05, 0.1) is 11.1 Å². The van der Waals surface area contributed by atoms with Crippen LogP contribution in [0.3, 0.4) is 0 Å². The van der Waals surface area contributed by atoms with E-state index in [1.54, 1.807) is 35.1 Å². The minimum absolute atomic E-state index is 0.0107. The van der Waals surface area contributed by atoms with Crippen molar-refractivity contribution in [2.75, 3.05) is 11.9 Å². The molecular formula is C19H22N4O3S. The number of hydrogen-bond donors (Lipinski definition) is 2. The lowest BCUT2D eigenvalue weighted by molar-refractivity contribution is -0.116. The fraction of sp³-hybridized carbons (Fsp3) is 0.263. The third-order valence-corrected chi connectivity index (χ3v) is 5.56. The molecule has 1 amide bonds. The van der Waals surface area contributed by atoms with Gasteiger partial charge in [-0.2, -0.15) is 5.10 Å². The molecule has 2 aromatic carbocycles. The zero-order valence-electron chi connectivity index (χ0n) is 15.2. The third kappa shape index (κ3) is 4.53. The molecule has 142 valence electrons. The predicted octanol–water partition coefficient (Wildman–Crippen LogP) is 2.92. The number of fused-ring (bicyclic) bond motifs is 1. The minimum Gasteiger partial charge on any atom is -0.311 e. The second-order valence-corrected chi connectivity index (χ2v) is 8.23. The van der Waals surface area contributed by atoms with Crippen molar-refractivity contribution in [2.45, 2.75) is 31.2 Å². The first kappa shape index (κ1) is 19.1. The molecule has 0 aliphatic heterocycles. The molecule has 0 spiro atoms. The Morgan fingerprint density at radius 2 is 1.85 bits per heavy atom. The van der Waals surface area contributed by atoms with Gasteiger partial charge in [-0.1, -0.05) is 30.3 Å². The van der Waals surface area contributed by atoms with Crippen LogP contribution in [-0.2, 0) is 14.8 Å². The number of nitrogens with one attached hydrogen (secondary N) is 2. The van der Waals surface area contributed by atoms with Crippen molar-refractivity contribution in [3.8, 4) is 0 Å². The first-order valence-electron chi connectivity index (χ1n) is 8.68. The van der Waals surface area contributed by atoms with Gasteiger partial charge < -0.3 is 5.32 Å². The maximum absolute atomic E-state index is 12.5. The summed E-state index contributed by atoms with van der Waals surface area (Å²) >= 11 is 0. The highest BCUT2D eigenvalue weighted by Crippen LogP contribution is 2.19. The number of carbonyl (C=O) groups excluding carboxylic acids is 1. The molecule has 0 radical (unpaired) electrons. The van der Waals surface area contributed by atoms with Crippen LogP contribution in [0.2, 0.25) is 0 Å². The molecule has 0 bridgehead atoms. The average molecular weight is 386 g/mol. The van der Waals surface area contributed by atoms with Crippen LogP contribution in [0.4, 0.5) is 5.82 Å². The van der Waals surface area contributed by atoms with E-state index >= 15 is 0 Å². The van der Waals surface area contributed by atoms with Crippen molar-refractivity contribution in [1.29, 1.82) is 0 Å². The van der Waals surface area contributed by atoms with Crippen molar-refractivity contribution in [3.63, 3.8) is 0 Å². The zero-order valence-corrected chi connectivity index (χ0v) is 16.0. The maximum atomic E-state index is 12.5. The minimum atomic E-state index is -3.68. The van der Waals surface area contributed by atoms with Crippen molar-refractivity contribution >= 4 is 32.5 Å². The van der Waals surface area contributed by atoms with E-state index in [1.165, 1.54) is 0 Å². The number of aromatic nitrogens is 2. The second-order valence-electron chi connectivity index (χ2n) is 6.46. The van der Waals surface area contributed by atoms with E-state index in [0.717, 1.165) is 10.8 Å². The Morgan fingerprint density at radius 1 is 1.11 bits per heavy atom. The Bertz CT molecular complexity index is 1060. The van der Waals surface area contributed by atoms with Gasteiger partial charge in [-0.3, -0.25) is 4.79 Å². The maximum Gasteiger partial charge on any atom is 0.240 e. The summed E-state index contributed by atoms with van der Waals surface area (Å²) in [5.74, 6) is 0.311. The highest BCUT2D eigenvalue weighted by atomic mass is 32.2. The van der Waals surface area contributed by atoms with Crippen LogP contribution in [0.25, 0.3) is 10.8 Å². The summed E-state index contributed by atoms with van der Waals surface area (Å²) in [6.07, 6.45) is 1.63. The van der Waals surface area contributed by atoms with E-state index in [0.29, 0.717) is 5.82 Å². The fourth-order valence-corrected chi connectivity index (χ4v) is 3.81. The van der Waals surface area contributed by atoms with Gasteiger partial charge in [0.15, 0.2) is 0 Å². The van der Waals surface area contributed by atoms with Crippen LogP contribution in [0, 0.1) is 0 Å². The monoisotopic (exact) mass is 386 g/mol. The molecule has 0 aliphatic carbocycles. The number of rotatable bonds is 7. The summed E-state index contributed by atoms with van der Waals surface area (Å²) in [7, 11) is -3.68. The number of carbonyl (C=O) groups is 1. The first-order valence-corrected chi connectivity index (χ1v) is 10.2. The van der Waals surface area contributed by atoms with Crippen LogP contribution in [-0.4, -0.2) is 30.7 Å². The number of benzene rings is 2. The number of anilines is 1. The Hall–Kier alpha value is -2.71. The largest absolute Gasteiger partial charge is 0.311 e. The Morgan fingerprint density at radius 3 is 2.59 bits per heavy atom. The molecule has 0 saturated heterocycles. The lowest BCUT2D eigenvalue weighted by Crippen LogP contribution is -2.28. The topological polar surface area (TPSA) is 93.1 Å². The number of sulfonamides is 1. The van der Waals surface area contributed by atoms with Gasteiger partial charge in [0, 0.05) is 25.1 Å². The van der Waals surface area contributed by atoms with Crippen molar-refractivity contribution < 1.29 is 13.2 Å². The summed E-state index contributed by atoms with van der Waals surface area (Å²) in [4.78, 5) is 12.3. The van der Waals surface area contributed by atoms with E-state index in [9.17, 15) is 13.2 Å². The molecule has 27 heavy (non-hydrogen) atoms. The first-order chi connectivity index (χ1) is 12.9. The fourth-order valence-electron chi connectivity index (χ4n) is 2.75. The highest BCUT2D eigenvalue weighted by molar-refractivity contribution is 7.89. The summed E-state index contributed by atoms with van der Waals surface area (Å²) in [5.41, 5.74) is 0. The van der Waals surface area contributed by atoms with Crippen molar-refractivity contribution in [3.05, 3.63) is 54.7 Å². The van der Waals surface area contributed by atoms with Gasteiger partial charge in [0.2, 0.25) is 15.9 Å². The summed E-state index contributed by atoms with van der Waals surface area (Å²) in [6.45, 7) is 3.93. The van der Waals surface area contributed by atoms with Crippen molar-refractivity contribution in [2.24, 2.45) is 0 Å². The zero-order chi connectivity index (χ0) is 19.4. The molecule has 0 saturated carbocycles. The van der Waals surface area contributed by atoms with E-state index in [2.05, 4.69) is 15.1 Å². The van der Waals surface area contributed by atoms with E-state index < -0.39 is 10.0 Å². The molecule has 1 aromatic heterocycles. The number of hydrogen-bond acceptors (Lipinski definition) is 4. The molecule has 2 N–H and O–H groups in total. The SMILES string of the molecule is CC(C)n1nccc1NC(=O)CCNS(=O)(=O)c1ccc2ccccc2c1. The molecule has 0 atom stereocenters. The van der Waals surface area contributed by atoms with Gasteiger partial charge in [-0.05, 0) is 36.8 Å². The van der Waals surface area contributed by atoms with Gasteiger partial charge in [-0.15, -0.1) is 0 Å². The molecule has 0 fully saturated rings. The molecule has 3 rings (SSSR count). The van der Waals surface area contributed by atoms with Gasteiger partial charge in [0.25, 0.3) is 0 Å². The van der Waals surface area contributed by atoms with Crippen LogP contribution >= 0.6 is 0 Å². The van der Waals surface area contributed by atoms with Gasteiger partial charge >= 0.3 is 0 Å². The van der Waals surface area contributed by atoms with E-state index in [-0.39, 0.29) is 29.8 Å². The molecule has 7 nitrogen and oxygen atoms in total. The smallest absolute Gasteiger partial charge is 0.240 e. The molecule has 3 aromatic rings. The Kier molecular flexibility index (Phi) is 5.57. The van der Waals surface area contributed by atoms with Gasteiger partial charge in [0.1, 0.15) is 5.82 Å². The lowest BCUT2D eigenvalue weighted by Gasteiger charge is -2.12. The summed E-state index contributed by atoms with van der Waals surface area (Å²) in [5, 5.41) is 8.71. The normalized spacial score (nSPS) is 11.8. The summed E-state index contributed by atoms with van der Waals surface area (Å²) < 4.78 is 29.1. The van der Waals surface area contributed by atoms with Crippen LogP contribution in [0.5, 0.6) is 0 Å². The molecule has 0 aliphatic rings. The van der Waals surface area contributed by atoms with Crippen molar-refractivity contribution in [1.82, 2.24) is 14.5 Å². The average Bonchev–Trinajstić information content (AvgIpc) is 3.09. The molecule has 0 unspecified atom stereocenters. The number of nitrogens with zero attached hydrogens (tertiary/aromatic N) is 2. The number of amides is 1. The van der Waals surface area contributed by atoms with E-state index in [4.69, 9.17) is 0 Å². The second kappa shape index (κ2) is 7.89. The van der Waals surface area contributed by atoms with Gasteiger partial charge in [-0.25, -0.2) is 17.8 Å². The summed E-state index contributed by atoms with van der Waals surface area (Å²) in [6, 6.07) is 14.3.